The zero-order valence-corrected chi connectivity index (χ0v) is 15.5. The summed E-state index contributed by atoms with van der Waals surface area (Å²) in [5, 5.41) is 15.5. The van der Waals surface area contributed by atoms with Crippen LogP contribution in [0.5, 0.6) is 0 Å². The number of nitrogens with one attached hydrogen (secondary N) is 2. The Bertz CT molecular complexity index is 873. The summed E-state index contributed by atoms with van der Waals surface area (Å²) >= 11 is 0. The average molecular weight is 366 g/mol. The van der Waals surface area contributed by atoms with Gasteiger partial charge in [0.15, 0.2) is 5.65 Å². The van der Waals surface area contributed by atoms with Gasteiger partial charge < -0.3 is 4.74 Å². The molecule has 0 bridgehead atoms. The summed E-state index contributed by atoms with van der Waals surface area (Å²) in [6.45, 7) is 4.08. The van der Waals surface area contributed by atoms with Crippen LogP contribution in [0.2, 0.25) is 0 Å². The van der Waals surface area contributed by atoms with Crippen molar-refractivity contribution in [2.24, 2.45) is 0 Å². The van der Waals surface area contributed by atoms with Gasteiger partial charge in [0, 0.05) is 49.1 Å². The maximum Gasteiger partial charge on any atom is 0.181 e. The van der Waals surface area contributed by atoms with Crippen LogP contribution in [-0.4, -0.2) is 62.6 Å². The van der Waals surface area contributed by atoms with Gasteiger partial charge in [-0.1, -0.05) is 0 Å². The highest BCUT2D eigenvalue weighted by atomic mass is 16.5. The van der Waals surface area contributed by atoms with Crippen molar-refractivity contribution < 1.29 is 4.74 Å². The molecule has 1 saturated carbocycles. The molecule has 2 fully saturated rings. The molecule has 0 amide bonds. The van der Waals surface area contributed by atoms with Crippen molar-refractivity contribution in [2.75, 3.05) is 26.3 Å². The molecule has 0 atom stereocenters. The van der Waals surface area contributed by atoms with E-state index in [0.717, 1.165) is 54.5 Å². The average Bonchev–Trinajstić information content (AvgIpc) is 3.30. The lowest BCUT2D eigenvalue weighted by molar-refractivity contribution is 0.118. The fourth-order valence-corrected chi connectivity index (χ4v) is 4.65. The van der Waals surface area contributed by atoms with E-state index in [1.807, 2.05) is 18.6 Å². The van der Waals surface area contributed by atoms with Crippen LogP contribution in [0.25, 0.3) is 22.3 Å². The molecular weight excluding hydrogens is 340 g/mol. The molecule has 0 spiro atoms. The van der Waals surface area contributed by atoms with Crippen LogP contribution in [0.4, 0.5) is 0 Å². The monoisotopic (exact) mass is 366 g/mol. The van der Waals surface area contributed by atoms with Crippen molar-refractivity contribution in [2.45, 2.75) is 44.1 Å². The van der Waals surface area contributed by atoms with Crippen LogP contribution in [0.15, 0.2) is 24.7 Å². The Balaban J connectivity index is 1.32. The van der Waals surface area contributed by atoms with Gasteiger partial charge in [0.05, 0.1) is 18.5 Å². The highest BCUT2D eigenvalue weighted by Gasteiger charge is 2.27. The van der Waals surface area contributed by atoms with E-state index in [-0.39, 0.29) is 0 Å². The van der Waals surface area contributed by atoms with Crippen molar-refractivity contribution in [3.8, 4) is 11.3 Å². The quantitative estimate of drug-likeness (QED) is 0.744. The van der Waals surface area contributed by atoms with Gasteiger partial charge in [-0.2, -0.15) is 10.2 Å². The third-order valence-corrected chi connectivity index (χ3v) is 6.16. The number of aromatic nitrogens is 5. The van der Waals surface area contributed by atoms with Gasteiger partial charge in [-0.25, -0.2) is 4.98 Å². The number of aromatic amines is 2. The third kappa shape index (κ3) is 3.37. The first kappa shape index (κ1) is 16.9. The minimum atomic E-state index is 0.591. The Labute approximate surface area is 158 Å². The van der Waals surface area contributed by atoms with Gasteiger partial charge in [0.2, 0.25) is 0 Å². The number of rotatable bonds is 3. The molecule has 0 aromatic carbocycles. The lowest BCUT2D eigenvalue weighted by atomic mass is 9.81. The smallest absolute Gasteiger partial charge is 0.181 e. The standard InChI is InChI=1S/C20H26N6O/c1-6-26(7-9-27-8-1)17-4-2-14(3-5-17)15-10-18-19(16-12-22-23-13-16)24-25-20(18)21-11-15/h10-14,17H,1-9H2,(H,22,23)(H,21,24,25). The molecule has 7 nitrogen and oxygen atoms in total. The van der Waals surface area contributed by atoms with Crippen LogP contribution >= 0.6 is 0 Å². The molecule has 2 N–H and O–H groups in total. The largest absolute Gasteiger partial charge is 0.380 e. The van der Waals surface area contributed by atoms with E-state index < -0.39 is 0 Å². The zero-order valence-electron chi connectivity index (χ0n) is 15.5. The Kier molecular flexibility index (Phi) is 4.63. The molecule has 2 aliphatic rings. The summed E-state index contributed by atoms with van der Waals surface area (Å²) in [5.74, 6) is 0.591. The summed E-state index contributed by atoms with van der Waals surface area (Å²) in [5.41, 5.74) is 4.12. The molecule has 142 valence electrons. The van der Waals surface area contributed by atoms with E-state index in [1.165, 1.54) is 37.8 Å². The highest BCUT2D eigenvalue weighted by Crippen LogP contribution is 2.36. The number of ether oxygens (including phenoxy) is 1. The lowest BCUT2D eigenvalue weighted by Gasteiger charge is -2.36. The second-order valence-corrected chi connectivity index (χ2v) is 7.73. The van der Waals surface area contributed by atoms with Gasteiger partial charge in [-0.15, -0.1) is 0 Å². The van der Waals surface area contributed by atoms with Gasteiger partial charge in [-0.3, -0.25) is 15.1 Å². The van der Waals surface area contributed by atoms with Crippen LogP contribution in [0.1, 0.15) is 43.6 Å². The maximum atomic E-state index is 5.62. The van der Waals surface area contributed by atoms with Crippen molar-refractivity contribution >= 4 is 11.0 Å². The summed E-state index contributed by atoms with van der Waals surface area (Å²) in [7, 11) is 0. The fourth-order valence-electron chi connectivity index (χ4n) is 4.65. The minimum absolute atomic E-state index is 0.591. The Morgan fingerprint density at radius 2 is 2.00 bits per heavy atom. The second-order valence-electron chi connectivity index (χ2n) is 7.73. The molecule has 3 aromatic heterocycles. The minimum Gasteiger partial charge on any atom is -0.380 e. The molecule has 5 rings (SSSR count). The highest BCUT2D eigenvalue weighted by molar-refractivity contribution is 5.90. The van der Waals surface area contributed by atoms with E-state index in [9.17, 15) is 0 Å². The first-order valence-electron chi connectivity index (χ1n) is 10.0. The van der Waals surface area contributed by atoms with E-state index in [4.69, 9.17) is 4.74 Å². The number of H-pyrrole nitrogens is 2. The van der Waals surface area contributed by atoms with E-state index in [0.29, 0.717) is 5.92 Å². The van der Waals surface area contributed by atoms with Gasteiger partial charge >= 0.3 is 0 Å². The molecule has 0 radical (unpaired) electrons. The van der Waals surface area contributed by atoms with Crippen LogP contribution in [0, 0.1) is 0 Å². The molecule has 3 aromatic rings. The summed E-state index contributed by atoms with van der Waals surface area (Å²) in [4.78, 5) is 7.26. The molecule has 27 heavy (non-hydrogen) atoms. The van der Waals surface area contributed by atoms with Gasteiger partial charge in [0.25, 0.3) is 0 Å². The number of hydrogen-bond acceptors (Lipinski definition) is 5. The molecule has 4 heterocycles. The van der Waals surface area contributed by atoms with Crippen molar-refractivity contribution in [3.63, 3.8) is 0 Å². The molecule has 1 aliphatic heterocycles. The predicted octanol–water partition coefficient (Wildman–Crippen LogP) is 3.10. The number of fused-ring (bicyclic) bond motifs is 1. The summed E-state index contributed by atoms with van der Waals surface area (Å²) in [6.07, 6.45) is 11.9. The van der Waals surface area contributed by atoms with Crippen molar-refractivity contribution in [1.29, 1.82) is 0 Å². The SMILES string of the molecule is c1n[nH]cc1-c1[nH]nc2ncc(C3CCC(N4CCCOCC4)CC3)cc12. The van der Waals surface area contributed by atoms with Crippen molar-refractivity contribution in [3.05, 3.63) is 30.2 Å². The number of hydrogen-bond donors (Lipinski definition) is 2. The zero-order chi connectivity index (χ0) is 18.1. The van der Waals surface area contributed by atoms with E-state index in [2.05, 4.69) is 36.3 Å². The number of pyridine rings is 1. The second kappa shape index (κ2) is 7.40. The first-order chi connectivity index (χ1) is 13.4. The van der Waals surface area contributed by atoms with Crippen LogP contribution in [-0.2, 0) is 4.74 Å². The van der Waals surface area contributed by atoms with Crippen LogP contribution < -0.4 is 0 Å². The lowest BCUT2D eigenvalue weighted by Crippen LogP contribution is -2.39. The van der Waals surface area contributed by atoms with Crippen molar-refractivity contribution in [1.82, 2.24) is 30.3 Å². The van der Waals surface area contributed by atoms with E-state index in [1.54, 1.807) is 0 Å². The summed E-state index contributed by atoms with van der Waals surface area (Å²) in [6, 6.07) is 2.99. The van der Waals surface area contributed by atoms with Gasteiger partial charge in [0.1, 0.15) is 0 Å². The molecular formula is C20H26N6O. The Morgan fingerprint density at radius 3 is 2.85 bits per heavy atom. The molecule has 7 heteroatoms. The Hall–Kier alpha value is -2.25. The molecule has 0 unspecified atom stereocenters. The molecule has 1 aliphatic carbocycles. The normalized spacial score (nSPS) is 24.9. The fraction of sp³-hybridized carbons (Fsp3) is 0.550. The van der Waals surface area contributed by atoms with Crippen LogP contribution in [0.3, 0.4) is 0 Å². The predicted molar refractivity (Wildman–Crippen MR) is 103 cm³/mol. The summed E-state index contributed by atoms with van der Waals surface area (Å²) < 4.78 is 5.62. The maximum absolute atomic E-state index is 5.62. The van der Waals surface area contributed by atoms with E-state index >= 15 is 0 Å². The topological polar surface area (TPSA) is 82.7 Å². The number of nitrogens with zero attached hydrogens (tertiary/aromatic N) is 4. The first-order valence-corrected chi connectivity index (χ1v) is 10.0. The Morgan fingerprint density at radius 1 is 1.07 bits per heavy atom. The molecule has 1 saturated heterocycles. The third-order valence-electron chi connectivity index (χ3n) is 6.16. The van der Waals surface area contributed by atoms with Gasteiger partial charge in [-0.05, 0) is 49.7 Å².